The largest absolute Gasteiger partial charge is 0.507 e. The van der Waals surface area contributed by atoms with Gasteiger partial charge in [-0.05, 0) is 54.4 Å². The molecule has 1 fully saturated rings. The van der Waals surface area contributed by atoms with E-state index in [0.717, 1.165) is 11.1 Å². The van der Waals surface area contributed by atoms with E-state index in [-0.39, 0.29) is 11.3 Å². The number of benzene rings is 2. The zero-order valence-corrected chi connectivity index (χ0v) is 20.5. The molecule has 8 nitrogen and oxygen atoms in total. The number of ether oxygens (including phenoxy) is 2. The van der Waals surface area contributed by atoms with Gasteiger partial charge in [0.2, 0.25) is 0 Å². The minimum absolute atomic E-state index is 0.0179. The second-order valence-electron chi connectivity index (χ2n) is 8.16. The van der Waals surface area contributed by atoms with Gasteiger partial charge in [-0.1, -0.05) is 30.4 Å². The highest BCUT2D eigenvalue weighted by Gasteiger charge is 2.48. The smallest absolute Gasteiger partial charge is 0.301 e. The van der Waals surface area contributed by atoms with Gasteiger partial charge in [-0.3, -0.25) is 19.5 Å². The summed E-state index contributed by atoms with van der Waals surface area (Å²) in [7, 11) is 1.58. The molecule has 4 aromatic rings. The molecule has 36 heavy (non-hydrogen) atoms. The molecule has 182 valence electrons. The van der Waals surface area contributed by atoms with Gasteiger partial charge in [-0.25, -0.2) is 4.98 Å². The van der Waals surface area contributed by atoms with Crippen molar-refractivity contribution >= 4 is 44.1 Å². The maximum atomic E-state index is 13.4. The molecule has 1 amide bonds. The molecule has 1 aliphatic heterocycles. The molecule has 0 spiro atoms. The molecular weight excluding hydrogens is 478 g/mol. The number of Topliss-reactive ketones (excluding diaryl/α,β-unsaturated/α-hetero) is 1. The predicted molar refractivity (Wildman–Crippen MR) is 137 cm³/mol. The van der Waals surface area contributed by atoms with Crippen molar-refractivity contribution in [3.8, 4) is 11.5 Å². The molecule has 0 aliphatic carbocycles. The molecule has 0 radical (unpaired) electrons. The highest BCUT2D eigenvalue weighted by Crippen LogP contribution is 2.45. The Balaban J connectivity index is 1.69. The van der Waals surface area contributed by atoms with Crippen LogP contribution in [0.15, 0.2) is 72.6 Å². The lowest BCUT2D eigenvalue weighted by Gasteiger charge is -2.23. The summed E-state index contributed by atoms with van der Waals surface area (Å²) < 4.78 is 11.9. The number of amides is 1. The highest BCUT2D eigenvalue weighted by atomic mass is 32.1. The average Bonchev–Trinajstić information content (AvgIpc) is 3.45. The number of aliphatic hydroxyl groups is 1. The number of anilines is 1. The van der Waals surface area contributed by atoms with Crippen molar-refractivity contribution in [1.29, 1.82) is 0 Å². The molecule has 1 atom stereocenters. The number of hydrogen-bond donors (Lipinski definition) is 1. The molecule has 9 heteroatoms. The van der Waals surface area contributed by atoms with Crippen molar-refractivity contribution in [2.24, 2.45) is 0 Å². The number of rotatable bonds is 7. The van der Waals surface area contributed by atoms with Crippen LogP contribution in [0.4, 0.5) is 5.13 Å². The summed E-state index contributed by atoms with van der Waals surface area (Å²) in [6.07, 6.45) is 3.86. The first kappa shape index (κ1) is 23.5. The number of aromatic nitrogens is 2. The molecule has 5 rings (SSSR count). The summed E-state index contributed by atoms with van der Waals surface area (Å²) in [5.74, 6) is -0.550. The molecule has 1 saturated heterocycles. The Bertz CT molecular complexity index is 1480. The van der Waals surface area contributed by atoms with Gasteiger partial charge in [0.05, 0.1) is 35.5 Å². The summed E-state index contributed by atoms with van der Waals surface area (Å²) in [6, 6.07) is 14.9. The Kier molecular flexibility index (Phi) is 6.39. The lowest BCUT2D eigenvalue weighted by atomic mass is 9.95. The van der Waals surface area contributed by atoms with Gasteiger partial charge < -0.3 is 14.6 Å². The Labute approximate surface area is 211 Å². The van der Waals surface area contributed by atoms with Gasteiger partial charge >= 0.3 is 5.91 Å². The zero-order chi connectivity index (χ0) is 25.2. The Morgan fingerprint density at radius 1 is 1.08 bits per heavy atom. The Morgan fingerprint density at radius 2 is 1.89 bits per heavy atom. The van der Waals surface area contributed by atoms with E-state index in [1.807, 2.05) is 19.1 Å². The molecule has 2 aromatic heterocycles. The van der Waals surface area contributed by atoms with E-state index < -0.39 is 17.7 Å². The summed E-state index contributed by atoms with van der Waals surface area (Å²) in [5, 5.41) is 11.6. The van der Waals surface area contributed by atoms with Crippen molar-refractivity contribution in [1.82, 2.24) is 9.97 Å². The van der Waals surface area contributed by atoms with E-state index in [4.69, 9.17) is 9.47 Å². The van der Waals surface area contributed by atoms with Gasteiger partial charge in [0.15, 0.2) is 5.13 Å². The summed E-state index contributed by atoms with van der Waals surface area (Å²) in [6.45, 7) is 2.54. The van der Waals surface area contributed by atoms with Crippen LogP contribution < -0.4 is 14.4 Å². The minimum Gasteiger partial charge on any atom is -0.507 e. The van der Waals surface area contributed by atoms with Crippen molar-refractivity contribution in [2.45, 2.75) is 19.4 Å². The van der Waals surface area contributed by atoms with E-state index in [1.54, 1.807) is 49.6 Å². The molecule has 3 heterocycles. The van der Waals surface area contributed by atoms with E-state index in [9.17, 15) is 14.7 Å². The SMILES string of the molecule is CCCOc1cccc(C2/C(=C(\O)c3ccncc3)C(=O)C(=O)N2c2nc3ccc(OC)cc3s2)c1. The summed E-state index contributed by atoms with van der Waals surface area (Å²) in [4.78, 5) is 36.8. The van der Waals surface area contributed by atoms with Crippen LogP contribution in [0.25, 0.3) is 16.0 Å². The van der Waals surface area contributed by atoms with Crippen LogP contribution in [-0.2, 0) is 9.59 Å². The van der Waals surface area contributed by atoms with Crippen LogP contribution in [0, 0.1) is 0 Å². The number of pyridine rings is 1. The number of fused-ring (bicyclic) bond motifs is 1. The van der Waals surface area contributed by atoms with Crippen LogP contribution in [-0.4, -0.2) is 40.5 Å². The number of carbonyl (C=O) groups is 2. The number of aliphatic hydroxyl groups excluding tert-OH is 1. The van der Waals surface area contributed by atoms with Crippen LogP contribution in [0.1, 0.15) is 30.5 Å². The summed E-state index contributed by atoms with van der Waals surface area (Å²) >= 11 is 1.27. The standard InChI is InChI=1S/C27H23N3O5S/c1-3-13-35-19-6-4-5-17(14-19)23-22(24(31)16-9-11-28-12-10-16)25(32)26(33)30(23)27-29-20-8-7-18(34-2)15-21(20)36-27/h4-12,14-15,23,31H,3,13H2,1-2H3/b24-22+. The zero-order valence-electron chi connectivity index (χ0n) is 19.7. The second kappa shape index (κ2) is 9.79. The fraction of sp³-hybridized carbons (Fsp3) is 0.185. The maximum Gasteiger partial charge on any atom is 0.301 e. The maximum absolute atomic E-state index is 13.4. The van der Waals surface area contributed by atoms with Gasteiger partial charge in [-0.2, -0.15) is 0 Å². The predicted octanol–water partition coefficient (Wildman–Crippen LogP) is 5.12. The van der Waals surface area contributed by atoms with E-state index in [1.165, 1.54) is 28.6 Å². The first-order valence-corrected chi connectivity index (χ1v) is 12.2. The van der Waals surface area contributed by atoms with Crippen molar-refractivity contribution in [3.05, 3.63) is 83.7 Å². The van der Waals surface area contributed by atoms with Crippen molar-refractivity contribution < 1.29 is 24.2 Å². The number of carbonyl (C=O) groups excluding carboxylic acids is 2. The fourth-order valence-electron chi connectivity index (χ4n) is 4.13. The number of thiazole rings is 1. The molecular formula is C27H23N3O5S. The monoisotopic (exact) mass is 501 g/mol. The topological polar surface area (TPSA) is 102 Å². The molecule has 1 N–H and O–H groups in total. The third kappa shape index (κ3) is 4.18. The first-order chi connectivity index (χ1) is 17.5. The Hall–Kier alpha value is -4.24. The van der Waals surface area contributed by atoms with Gasteiger partial charge in [0, 0.05) is 18.0 Å². The number of nitrogens with zero attached hydrogens (tertiary/aromatic N) is 3. The second-order valence-corrected chi connectivity index (χ2v) is 9.17. The number of methoxy groups -OCH3 is 1. The van der Waals surface area contributed by atoms with Crippen LogP contribution in [0.2, 0.25) is 0 Å². The van der Waals surface area contributed by atoms with Crippen LogP contribution in [0.3, 0.4) is 0 Å². The third-order valence-electron chi connectivity index (χ3n) is 5.84. The highest BCUT2D eigenvalue weighted by molar-refractivity contribution is 7.22. The fourth-order valence-corrected chi connectivity index (χ4v) is 5.15. The van der Waals surface area contributed by atoms with E-state index in [2.05, 4.69) is 9.97 Å². The third-order valence-corrected chi connectivity index (χ3v) is 6.85. The molecule has 2 aromatic carbocycles. The van der Waals surface area contributed by atoms with Crippen LogP contribution >= 0.6 is 11.3 Å². The minimum atomic E-state index is -0.897. The lowest BCUT2D eigenvalue weighted by molar-refractivity contribution is -0.132. The first-order valence-electron chi connectivity index (χ1n) is 11.4. The van der Waals surface area contributed by atoms with Gasteiger partial charge in [0.25, 0.3) is 5.78 Å². The lowest BCUT2D eigenvalue weighted by Crippen LogP contribution is -2.29. The quantitative estimate of drug-likeness (QED) is 0.213. The van der Waals surface area contributed by atoms with E-state index in [0.29, 0.717) is 39.9 Å². The average molecular weight is 502 g/mol. The van der Waals surface area contributed by atoms with Crippen molar-refractivity contribution in [3.63, 3.8) is 0 Å². The van der Waals surface area contributed by atoms with Gasteiger partial charge in [-0.15, -0.1) is 0 Å². The number of hydrogen-bond acceptors (Lipinski definition) is 8. The van der Waals surface area contributed by atoms with E-state index >= 15 is 0 Å². The molecule has 0 bridgehead atoms. The van der Waals surface area contributed by atoms with Gasteiger partial charge in [0.1, 0.15) is 17.3 Å². The molecule has 1 aliphatic rings. The van der Waals surface area contributed by atoms with Crippen molar-refractivity contribution in [2.75, 3.05) is 18.6 Å². The normalized spacial score (nSPS) is 17.1. The Morgan fingerprint density at radius 3 is 2.64 bits per heavy atom. The number of ketones is 1. The van der Waals surface area contributed by atoms with Crippen LogP contribution in [0.5, 0.6) is 11.5 Å². The molecule has 1 unspecified atom stereocenters. The summed E-state index contributed by atoms with van der Waals surface area (Å²) in [5.41, 5.74) is 1.66. The molecule has 0 saturated carbocycles.